The quantitative estimate of drug-likeness (QED) is 0.846. The maximum atomic E-state index is 12.5. The Labute approximate surface area is 160 Å². The van der Waals surface area contributed by atoms with E-state index in [1.54, 1.807) is 11.8 Å². The summed E-state index contributed by atoms with van der Waals surface area (Å²) in [6.45, 7) is 2.83. The standard InChI is InChI=1S/C20H23N3O2.ClH/c1-20(21,16-8-3-2-4-9-16)19(25)22-14-15-7-5-10-17(13-15)23-12-6-11-18(23)24;/h2-5,7-10,13H,6,11-12,14,21H2,1H3,(H,22,25);1H. The summed E-state index contributed by atoms with van der Waals surface area (Å²) in [5, 5.41) is 2.90. The van der Waals surface area contributed by atoms with Crippen LogP contribution in [0.1, 0.15) is 30.9 Å². The molecular weight excluding hydrogens is 350 g/mol. The maximum Gasteiger partial charge on any atom is 0.244 e. The number of hydrogen-bond acceptors (Lipinski definition) is 3. The lowest BCUT2D eigenvalue weighted by Crippen LogP contribution is -2.48. The lowest BCUT2D eigenvalue weighted by Gasteiger charge is -2.24. The highest BCUT2D eigenvalue weighted by Crippen LogP contribution is 2.22. The second-order valence-electron chi connectivity index (χ2n) is 6.57. The Morgan fingerprint density at radius 3 is 2.58 bits per heavy atom. The number of nitrogens with one attached hydrogen (secondary N) is 1. The minimum atomic E-state index is -1.09. The van der Waals surface area contributed by atoms with Gasteiger partial charge in [0.1, 0.15) is 5.54 Å². The molecule has 5 nitrogen and oxygen atoms in total. The molecule has 2 aromatic rings. The van der Waals surface area contributed by atoms with Gasteiger partial charge in [-0.2, -0.15) is 0 Å². The van der Waals surface area contributed by atoms with E-state index >= 15 is 0 Å². The number of halogens is 1. The molecule has 1 aliphatic heterocycles. The fraction of sp³-hybridized carbons (Fsp3) is 0.300. The number of rotatable bonds is 5. The summed E-state index contributed by atoms with van der Waals surface area (Å²) in [5.41, 5.74) is 7.72. The van der Waals surface area contributed by atoms with Crippen LogP contribution in [-0.4, -0.2) is 18.4 Å². The molecule has 3 N–H and O–H groups in total. The van der Waals surface area contributed by atoms with Gasteiger partial charge in [0.2, 0.25) is 11.8 Å². The third-order valence-corrected chi connectivity index (χ3v) is 4.59. The number of anilines is 1. The predicted molar refractivity (Wildman–Crippen MR) is 105 cm³/mol. The van der Waals surface area contributed by atoms with Crippen LogP contribution in [0.5, 0.6) is 0 Å². The van der Waals surface area contributed by atoms with Crippen molar-refractivity contribution in [2.24, 2.45) is 5.73 Å². The van der Waals surface area contributed by atoms with Gasteiger partial charge in [0, 0.05) is 25.2 Å². The normalized spacial score (nSPS) is 15.9. The molecule has 3 rings (SSSR count). The van der Waals surface area contributed by atoms with Gasteiger partial charge in [-0.3, -0.25) is 9.59 Å². The number of amides is 2. The van der Waals surface area contributed by atoms with Gasteiger partial charge < -0.3 is 16.0 Å². The van der Waals surface area contributed by atoms with Crippen molar-refractivity contribution in [2.45, 2.75) is 31.8 Å². The summed E-state index contributed by atoms with van der Waals surface area (Å²) in [6, 6.07) is 17.0. The lowest BCUT2D eigenvalue weighted by molar-refractivity contribution is -0.126. The Balaban J connectivity index is 0.00000243. The van der Waals surface area contributed by atoms with Crippen molar-refractivity contribution in [1.82, 2.24) is 5.32 Å². The van der Waals surface area contributed by atoms with E-state index in [0.717, 1.165) is 29.8 Å². The molecule has 1 aliphatic rings. The third kappa shape index (κ3) is 4.23. The smallest absolute Gasteiger partial charge is 0.244 e. The molecule has 0 saturated carbocycles. The van der Waals surface area contributed by atoms with Crippen molar-refractivity contribution in [2.75, 3.05) is 11.4 Å². The van der Waals surface area contributed by atoms with Crippen molar-refractivity contribution in [3.05, 3.63) is 65.7 Å². The van der Waals surface area contributed by atoms with Gasteiger partial charge >= 0.3 is 0 Å². The molecule has 1 unspecified atom stereocenters. The van der Waals surface area contributed by atoms with Gasteiger partial charge in [-0.1, -0.05) is 42.5 Å². The van der Waals surface area contributed by atoms with E-state index in [4.69, 9.17) is 5.73 Å². The largest absolute Gasteiger partial charge is 0.350 e. The van der Waals surface area contributed by atoms with E-state index in [1.165, 1.54) is 0 Å². The highest BCUT2D eigenvalue weighted by atomic mass is 35.5. The average molecular weight is 374 g/mol. The van der Waals surface area contributed by atoms with E-state index in [0.29, 0.717) is 13.0 Å². The van der Waals surface area contributed by atoms with Crippen LogP contribution in [0.25, 0.3) is 0 Å². The summed E-state index contributed by atoms with van der Waals surface area (Å²) in [4.78, 5) is 26.2. The van der Waals surface area contributed by atoms with Crippen LogP contribution in [0.4, 0.5) is 5.69 Å². The van der Waals surface area contributed by atoms with Crippen LogP contribution in [-0.2, 0) is 21.7 Å². The van der Waals surface area contributed by atoms with E-state index in [2.05, 4.69) is 5.32 Å². The molecule has 138 valence electrons. The molecule has 0 radical (unpaired) electrons. The number of hydrogen-bond donors (Lipinski definition) is 2. The summed E-state index contributed by atoms with van der Waals surface area (Å²) in [6.07, 6.45) is 1.49. The minimum Gasteiger partial charge on any atom is -0.350 e. The summed E-state index contributed by atoms with van der Waals surface area (Å²) in [7, 11) is 0. The molecule has 0 bridgehead atoms. The Hall–Kier alpha value is -2.37. The highest BCUT2D eigenvalue weighted by Gasteiger charge is 2.30. The van der Waals surface area contributed by atoms with Gasteiger partial charge in [0.05, 0.1) is 0 Å². The van der Waals surface area contributed by atoms with E-state index in [9.17, 15) is 9.59 Å². The van der Waals surface area contributed by atoms with E-state index < -0.39 is 5.54 Å². The number of carbonyl (C=O) groups excluding carboxylic acids is 2. The first-order valence-corrected chi connectivity index (χ1v) is 8.50. The predicted octanol–water partition coefficient (Wildman–Crippen LogP) is 2.73. The Morgan fingerprint density at radius 1 is 1.19 bits per heavy atom. The summed E-state index contributed by atoms with van der Waals surface area (Å²) >= 11 is 0. The Kier molecular flexibility index (Phi) is 6.40. The van der Waals surface area contributed by atoms with Crippen LogP contribution in [0, 0.1) is 0 Å². The van der Waals surface area contributed by atoms with E-state index in [1.807, 2.05) is 54.6 Å². The summed E-state index contributed by atoms with van der Waals surface area (Å²) < 4.78 is 0. The van der Waals surface area contributed by atoms with Crippen molar-refractivity contribution >= 4 is 29.9 Å². The number of benzene rings is 2. The van der Waals surface area contributed by atoms with Crippen LogP contribution in [0.15, 0.2) is 54.6 Å². The first-order valence-electron chi connectivity index (χ1n) is 8.50. The molecule has 1 saturated heterocycles. The fourth-order valence-corrected chi connectivity index (χ4v) is 3.04. The van der Waals surface area contributed by atoms with Crippen LogP contribution in [0.3, 0.4) is 0 Å². The third-order valence-electron chi connectivity index (χ3n) is 4.59. The fourth-order valence-electron chi connectivity index (χ4n) is 3.04. The Bertz CT molecular complexity index is 778. The van der Waals surface area contributed by atoms with Crippen molar-refractivity contribution in [1.29, 1.82) is 0 Å². The van der Waals surface area contributed by atoms with Crippen LogP contribution >= 0.6 is 12.4 Å². The van der Waals surface area contributed by atoms with Crippen molar-refractivity contribution in [3.63, 3.8) is 0 Å². The van der Waals surface area contributed by atoms with Crippen molar-refractivity contribution < 1.29 is 9.59 Å². The molecule has 0 aromatic heterocycles. The Morgan fingerprint density at radius 2 is 1.92 bits per heavy atom. The van der Waals surface area contributed by atoms with Gasteiger partial charge in [-0.25, -0.2) is 0 Å². The number of nitrogens with two attached hydrogens (primary N) is 1. The molecule has 6 heteroatoms. The zero-order chi connectivity index (χ0) is 17.9. The molecule has 1 heterocycles. The lowest BCUT2D eigenvalue weighted by atomic mass is 9.92. The van der Waals surface area contributed by atoms with Gasteiger partial charge in [-0.05, 0) is 36.6 Å². The monoisotopic (exact) mass is 373 g/mol. The first kappa shape index (κ1) is 19.9. The SMILES string of the molecule is CC(N)(C(=O)NCc1cccc(N2CCCC2=O)c1)c1ccccc1.Cl. The van der Waals surface area contributed by atoms with Gasteiger partial charge in [0.15, 0.2) is 0 Å². The second-order valence-corrected chi connectivity index (χ2v) is 6.57. The van der Waals surface area contributed by atoms with Gasteiger partial charge in [-0.15, -0.1) is 12.4 Å². The molecule has 0 spiro atoms. The second kappa shape index (κ2) is 8.34. The molecular formula is C20H24ClN3O2. The number of carbonyl (C=O) groups is 2. The molecule has 1 fully saturated rings. The molecule has 2 amide bonds. The molecule has 1 atom stereocenters. The minimum absolute atomic E-state index is 0. The van der Waals surface area contributed by atoms with Crippen LogP contribution < -0.4 is 16.0 Å². The van der Waals surface area contributed by atoms with E-state index in [-0.39, 0.29) is 24.2 Å². The molecule has 26 heavy (non-hydrogen) atoms. The maximum absolute atomic E-state index is 12.5. The van der Waals surface area contributed by atoms with Crippen molar-refractivity contribution in [3.8, 4) is 0 Å². The van der Waals surface area contributed by atoms with Gasteiger partial charge in [0.25, 0.3) is 0 Å². The topological polar surface area (TPSA) is 75.4 Å². The zero-order valence-corrected chi connectivity index (χ0v) is 15.6. The van der Waals surface area contributed by atoms with Crippen LogP contribution in [0.2, 0.25) is 0 Å². The summed E-state index contributed by atoms with van der Waals surface area (Å²) in [5.74, 6) is -0.0823. The highest BCUT2D eigenvalue weighted by molar-refractivity contribution is 5.95. The average Bonchev–Trinajstić information content (AvgIpc) is 3.06. The number of nitrogens with zero attached hydrogens (tertiary/aromatic N) is 1. The molecule has 2 aromatic carbocycles. The first-order chi connectivity index (χ1) is 12.0. The zero-order valence-electron chi connectivity index (χ0n) is 14.8. The molecule has 0 aliphatic carbocycles.